The Morgan fingerprint density at radius 1 is 0.388 bits per heavy atom. The number of hydrogen-bond donors (Lipinski definition) is 0. The smallest absolute Gasteiger partial charge is 0.334 e. The molecule has 0 amide bonds. The van der Waals surface area contributed by atoms with Crippen LogP contribution in [0.4, 0.5) is 0 Å². The first-order valence-electron chi connectivity index (χ1n) is 16.5. The second kappa shape index (κ2) is 15.0. The quantitative estimate of drug-likeness (QED) is 0.120. The number of carbonyl (C=O) groups is 2. The second-order valence-corrected chi connectivity index (χ2v) is 16.9. The van der Waals surface area contributed by atoms with Crippen molar-refractivity contribution in [3.63, 3.8) is 0 Å². The molecule has 0 aliphatic carbocycles. The first kappa shape index (κ1) is 33.8. The third kappa shape index (κ3) is 6.30. The van der Waals surface area contributed by atoms with Crippen LogP contribution in [0, 0.1) is 5.41 Å². The summed E-state index contributed by atoms with van der Waals surface area (Å²) >= 11 is 0. The van der Waals surface area contributed by atoms with Crippen LogP contribution in [-0.2, 0) is 18.0 Å². The summed E-state index contributed by atoms with van der Waals surface area (Å²) in [6.45, 7) is 3.72. The van der Waals surface area contributed by atoms with Gasteiger partial charge in [0.05, 0.1) is 0 Å². The molecule has 248 valence electrons. The van der Waals surface area contributed by atoms with Gasteiger partial charge in [0, 0.05) is 29.4 Å². The molecule has 0 unspecified atom stereocenters. The minimum Gasteiger partial charge on any atom is -0.401 e. The molecular weight excluding hydrogens is 645 g/mol. The summed E-state index contributed by atoms with van der Waals surface area (Å²) in [6.07, 6.45) is 0.395. The minimum absolute atomic E-state index is 0.197. The summed E-state index contributed by atoms with van der Waals surface area (Å²) in [7, 11) is -5.24. The van der Waals surface area contributed by atoms with E-state index in [2.05, 4.69) is 0 Å². The molecule has 0 radical (unpaired) electrons. The lowest BCUT2D eigenvalue weighted by molar-refractivity contribution is -0.160. The van der Waals surface area contributed by atoms with E-state index in [4.69, 9.17) is 8.37 Å². The van der Waals surface area contributed by atoms with Gasteiger partial charge in [0.25, 0.3) is 0 Å². The molecule has 0 bridgehead atoms. The van der Waals surface area contributed by atoms with Gasteiger partial charge < -0.3 is 8.37 Å². The molecule has 6 aromatic rings. The van der Waals surface area contributed by atoms with Gasteiger partial charge in [-0.25, -0.2) is 9.59 Å². The largest absolute Gasteiger partial charge is 0.401 e. The van der Waals surface area contributed by atoms with Gasteiger partial charge in [0.2, 0.25) is 0 Å². The zero-order valence-corrected chi connectivity index (χ0v) is 29.3. The van der Waals surface area contributed by atoms with Crippen LogP contribution in [0.5, 0.6) is 0 Å². The molecule has 6 heteroatoms. The molecular formula is C43H40O4S2. The highest BCUT2D eigenvalue weighted by atomic mass is 32.3. The Morgan fingerprint density at radius 3 is 0.735 bits per heavy atom. The maximum atomic E-state index is 15.1. The average molecular weight is 685 g/mol. The lowest BCUT2D eigenvalue weighted by atomic mass is 9.83. The number of carbonyl (C=O) groups excluding carboxylic acids is 2. The van der Waals surface area contributed by atoms with Gasteiger partial charge in [-0.05, 0) is 106 Å². The summed E-state index contributed by atoms with van der Waals surface area (Å²) < 4.78 is 13.9. The molecule has 0 aliphatic heterocycles. The number of hydrogen-bond acceptors (Lipinski definition) is 4. The predicted molar refractivity (Wildman–Crippen MR) is 199 cm³/mol. The third-order valence-corrected chi connectivity index (χ3v) is 15.3. The third-order valence-electron chi connectivity index (χ3n) is 8.84. The van der Waals surface area contributed by atoms with E-state index in [9.17, 15) is 0 Å². The van der Waals surface area contributed by atoms with Crippen LogP contribution < -0.4 is 0 Å². The van der Waals surface area contributed by atoms with Crippen LogP contribution in [0.3, 0.4) is 0 Å². The molecule has 6 aromatic carbocycles. The van der Waals surface area contributed by atoms with Crippen molar-refractivity contribution in [2.75, 3.05) is 0 Å². The fourth-order valence-electron chi connectivity index (χ4n) is 6.08. The van der Waals surface area contributed by atoms with E-state index in [-0.39, 0.29) is 12.8 Å². The summed E-state index contributed by atoms with van der Waals surface area (Å²) in [6, 6.07) is 59.1. The van der Waals surface area contributed by atoms with Crippen molar-refractivity contribution >= 4 is 32.6 Å². The molecule has 0 saturated heterocycles. The SMILES string of the molecule is CCC(CC)(C(=O)OS(c1ccccc1)(c1ccccc1)c1ccccc1)C(=O)OS(c1ccccc1)(c1ccccc1)c1ccccc1. The monoisotopic (exact) mass is 684 g/mol. The molecule has 0 aliphatic rings. The van der Waals surface area contributed by atoms with Crippen LogP contribution in [0.25, 0.3) is 0 Å². The molecule has 6 rings (SSSR count). The minimum atomic E-state index is -2.62. The van der Waals surface area contributed by atoms with E-state index in [0.717, 1.165) is 29.4 Å². The molecule has 4 nitrogen and oxygen atoms in total. The summed E-state index contributed by atoms with van der Waals surface area (Å²) in [5, 5.41) is 0. The van der Waals surface area contributed by atoms with Gasteiger partial charge in [0.15, 0.2) is 5.41 Å². The van der Waals surface area contributed by atoms with Gasteiger partial charge in [-0.15, -0.1) is 0 Å². The van der Waals surface area contributed by atoms with Gasteiger partial charge in [-0.1, -0.05) is 123 Å². The fraction of sp³-hybridized carbons (Fsp3) is 0.116. The zero-order chi connectivity index (χ0) is 34.2. The highest BCUT2D eigenvalue weighted by Crippen LogP contribution is 2.71. The van der Waals surface area contributed by atoms with Crippen LogP contribution in [0.1, 0.15) is 26.7 Å². The van der Waals surface area contributed by atoms with E-state index in [0.29, 0.717) is 0 Å². The van der Waals surface area contributed by atoms with Crippen LogP contribution in [0.2, 0.25) is 0 Å². The van der Waals surface area contributed by atoms with Gasteiger partial charge >= 0.3 is 11.9 Å². The average Bonchev–Trinajstić information content (AvgIpc) is 3.19. The Kier molecular flexibility index (Phi) is 10.4. The van der Waals surface area contributed by atoms with Crippen molar-refractivity contribution in [1.82, 2.24) is 0 Å². The second-order valence-electron chi connectivity index (χ2n) is 11.5. The van der Waals surface area contributed by atoms with E-state index in [1.165, 1.54) is 0 Å². The fourth-order valence-corrected chi connectivity index (χ4v) is 12.3. The topological polar surface area (TPSA) is 52.6 Å². The highest BCUT2D eigenvalue weighted by Gasteiger charge is 2.52. The van der Waals surface area contributed by atoms with Crippen molar-refractivity contribution in [3.8, 4) is 0 Å². The van der Waals surface area contributed by atoms with E-state index < -0.39 is 38.0 Å². The number of rotatable bonds is 12. The molecule has 0 heterocycles. The highest BCUT2D eigenvalue weighted by molar-refractivity contribution is 8.30. The Bertz CT molecular complexity index is 1610. The molecule has 0 atom stereocenters. The first-order chi connectivity index (χ1) is 24.0. The normalized spacial score (nSPS) is 12.4. The molecule has 0 N–H and O–H groups in total. The van der Waals surface area contributed by atoms with Gasteiger partial charge in [-0.2, -0.15) is 0 Å². The van der Waals surface area contributed by atoms with Crippen molar-refractivity contribution in [2.45, 2.75) is 56.1 Å². The summed E-state index contributed by atoms with van der Waals surface area (Å²) in [5.74, 6) is -1.20. The summed E-state index contributed by atoms with van der Waals surface area (Å²) in [4.78, 5) is 35.3. The first-order valence-corrected chi connectivity index (χ1v) is 19.6. The Balaban J connectivity index is 1.52. The molecule has 0 aromatic heterocycles. The van der Waals surface area contributed by atoms with Crippen molar-refractivity contribution in [3.05, 3.63) is 182 Å². The number of benzene rings is 6. The predicted octanol–water partition coefficient (Wildman–Crippen LogP) is 11.7. The van der Waals surface area contributed by atoms with E-state index in [1.54, 1.807) is 0 Å². The summed E-state index contributed by atoms with van der Waals surface area (Å²) in [5.41, 5.74) is -1.59. The van der Waals surface area contributed by atoms with E-state index >= 15 is 9.59 Å². The van der Waals surface area contributed by atoms with Crippen LogP contribution in [0.15, 0.2) is 211 Å². The standard InChI is InChI=1S/C43H40O4S2/c1-3-43(4-2,41(44)46-48(35-23-11-5-12-24-35,36-25-13-6-14-26-36)37-27-15-7-16-28-37)42(45)47-49(38-29-17-8-18-30-38,39-31-19-9-20-32-39)40-33-21-10-22-34-40/h5-34H,3-4H2,1-2H3. The molecule has 0 saturated carbocycles. The zero-order valence-electron chi connectivity index (χ0n) is 27.7. The maximum Gasteiger partial charge on any atom is 0.334 e. The van der Waals surface area contributed by atoms with E-state index in [1.807, 2.05) is 196 Å². The Hall–Kier alpha value is -5.04. The Morgan fingerprint density at radius 2 is 0.571 bits per heavy atom. The van der Waals surface area contributed by atoms with Crippen molar-refractivity contribution in [2.24, 2.45) is 5.41 Å². The van der Waals surface area contributed by atoms with Crippen molar-refractivity contribution < 1.29 is 18.0 Å². The van der Waals surface area contributed by atoms with Gasteiger partial charge in [0.1, 0.15) is 0 Å². The Labute approximate surface area is 292 Å². The lowest BCUT2D eigenvalue weighted by Gasteiger charge is -2.44. The molecule has 0 fully saturated rings. The van der Waals surface area contributed by atoms with Gasteiger partial charge in [-0.3, -0.25) is 0 Å². The lowest BCUT2D eigenvalue weighted by Crippen LogP contribution is -2.42. The molecule has 0 spiro atoms. The van der Waals surface area contributed by atoms with Crippen LogP contribution in [-0.4, -0.2) is 11.9 Å². The molecule has 49 heavy (non-hydrogen) atoms. The van der Waals surface area contributed by atoms with Crippen LogP contribution >= 0.6 is 20.6 Å². The maximum absolute atomic E-state index is 15.1. The van der Waals surface area contributed by atoms with Crippen molar-refractivity contribution in [1.29, 1.82) is 0 Å².